The van der Waals surface area contributed by atoms with E-state index in [-0.39, 0.29) is 30.7 Å². The van der Waals surface area contributed by atoms with Crippen molar-refractivity contribution in [2.45, 2.75) is 44.6 Å². The molecule has 23 heavy (non-hydrogen) atoms. The fourth-order valence-corrected chi connectivity index (χ4v) is 2.70. The van der Waals surface area contributed by atoms with Crippen molar-refractivity contribution in [3.63, 3.8) is 0 Å². The molecule has 1 aliphatic heterocycles. The van der Waals surface area contributed by atoms with Gasteiger partial charge in [0.2, 0.25) is 17.7 Å². The van der Waals surface area contributed by atoms with Gasteiger partial charge in [-0.2, -0.15) is 12.6 Å². The number of rotatable bonds is 10. The number of amides is 3. The first-order chi connectivity index (χ1) is 11.1. The van der Waals surface area contributed by atoms with Crippen LogP contribution in [0.25, 0.3) is 0 Å². The highest BCUT2D eigenvalue weighted by atomic mass is 32.1. The van der Waals surface area contributed by atoms with Crippen LogP contribution < -0.4 is 16.4 Å². The summed E-state index contributed by atoms with van der Waals surface area (Å²) in [4.78, 5) is 37.7. The number of hydrogen-bond donors (Lipinski definition) is 4. The summed E-state index contributed by atoms with van der Waals surface area (Å²) in [6.07, 6.45) is 4.34. The fraction of sp³-hybridized carbons (Fsp3) is 0.800. The largest absolute Gasteiger partial charge is 0.345 e. The Bertz CT molecular complexity index is 400. The molecule has 0 aliphatic carbocycles. The number of carbonyl (C=O) groups is 3. The molecule has 8 heteroatoms. The molecule has 4 N–H and O–H groups in total. The van der Waals surface area contributed by atoms with Crippen molar-refractivity contribution in [2.24, 2.45) is 5.73 Å². The van der Waals surface area contributed by atoms with Crippen molar-refractivity contribution < 1.29 is 14.4 Å². The van der Waals surface area contributed by atoms with Crippen LogP contribution in [0.5, 0.6) is 0 Å². The summed E-state index contributed by atoms with van der Waals surface area (Å²) in [6, 6.07) is -0.625. The lowest BCUT2D eigenvalue weighted by Crippen LogP contribution is -2.49. The molecule has 0 aromatic heterocycles. The minimum Gasteiger partial charge on any atom is -0.345 e. The van der Waals surface area contributed by atoms with Crippen molar-refractivity contribution in [3.8, 4) is 0 Å². The third-order valence-electron chi connectivity index (χ3n) is 3.81. The van der Waals surface area contributed by atoms with Gasteiger partial charge in [-0.05, 0) is 44.4 Å². The Morgan fingerprint density at radius 2 is 1.87 bits per heavy atom. The number of unbranched alkanes of at least 4 members (excludes halogenated alkanes) is 1. The number of carbonyl (C=O) groups excluding carboxylic acids is 3. The first-order valence-corrected chi connectivity index (χ1v) is 8.87. The highest BCUT2D eigenvalue weighted by Gasteiger charge is 2.22. The van der Waals surface area contributed by atoms with Crippen molar-refractivity contribution in [1.82, 2.24) is 15.5 Å². The second-order valence-electron chi connectivity index (χ2n) is 5.68. The van der Waals surface area contributed by atoms with Crippen LogP contribution in [0.15, 0.2) is 0 Å². The van der Waals surface area contributed by atoms with E-state index in [2.05, 4.69) is 23.3 Å². The molecular weight excluding hydrogens is 316 g/mol. The van der Waals surface area contributed by atoms with Gasteiger partial charge in [-0.3, -0.25) is 14.4 Å². The minimum absolute atomic E-state index is 0.0192. The van der Waals surface area contributed by atoms with Gasteiger partial charge in [0, 0.05) is 19.5 Å². The molecule has 0 spiro atoms. The van der Waals surface area contributed by atoms with E-state index >= 15 is 0 Å². The lowest BCUT2D eigenvalue weighted by molar-refractivity contribution is -0.133. The van der Waals surface area contributed by atoms with Gasteiger partial charge in [-0.15, -0.1) is 0 Å². The smallest absolute Gasteiger partial charge is 0.243 e. The molecule has 0 bridgehead atoms. The molecule has 0 aromatic rings. The van der Waals surface area contributed by atoms with E-state index in [1.807, 2.05) is 0 Å². The Morgan fingerprint density at radius 1 is 1.17 bits per heavy atom. The molecule has 7 nitrogen and oxygen atoms in total. The summed E-state index contributed by atoms with van der Waals surface area (Å²) >= 11 is 4.01. The van der Waals surface area contributed by atoms with E-state index in [1.54, 1.807) is 4.90 Å². The normalized spacial score (nSPS) is 15.3. The molecule has 1 fully saturated rings. The molecule has 1 atom stereocenters. The van der Waals surface area contributed by atoms with E-state index in [1.165, 1.54) is 0 Å². The molecule has 1 aliphatic rings. The Kier molecular flexibility index (Phi) is 9.70. The summed E-state index contributed by atoms with van der Waals surface area (Å²) in [5.74, 6) is -0.171. The number of likely N-dealkylation sites (tertiary alicyclic amines) is 1. The molecular formula is C15H28N4O3S. The number of thiol groups is 1. The Morgan fingerprint density at radius 3 is 2.48 bits per heavy atom. The molecule has 3 amide bonds. The minimum atomic E-state index is -0.625. The van der Waals surface area contributed by atoms with E-state index in [4.69, 9.17) is 5.73 Å². The maximum atomic E-state index is 12.2. The zero-order valence-electron chi connectivity index (χ0n) is 13.6. The topological polar surface area (TPSA) is 105 Å². The van der Waals surface area contributed by atoms with Crippen molar-refractivity contribution in [2.75, 3.05) is 31.9 Å². The van der Waals surface area contributed by atoms with Crippen LogP contribution in [0, 0.1) is 0 Å². The first kappa shape index (κ1) is 19.8. The third-order valence-corrected chi connectivity index (χ3v) is 4.03. The van der Waals surface area contributed by atoms with E-state index in [9.17, 15) is 14.4 Å². The predicted molar refractivity (Wildman–Crippen MR) is 92.1 cm³/mol. The van der Waals surface area contributed by atoms with Gasteiger partial charge < -0.3 is 21.3 Å². The molecule has 1 rings (SSSR count). The summed E-state index contributed by atoms with van der Waals surface area (Å²) in [6.45, 7) is 2.04. The molecule has 1 unspecified atom stereocenters. The van der Waals surface area contributed by atoms with E-state index in [0.29, 0.717) is 18.7 Å². The van der Waals surface area contributed by atoms with Gasteiger partial charge in [0.1, 0.15) is 6.04 Å². The number of nitrogens with zero attached hydrogens (tertiary/aromatic N) is 1. The standard InChI is InChI=1S/C15H28N4O3S/c16-7-2-1-5-12(18-13(20)6-10-23)15(22)17-11-14(21)19-8-3-4-9-19/h12,23H,1-11,16H2,(H,17,22)(H,18,20). The van der Waals surface area contributed by atoms with Gasteiger partial charge in [-0.1, -0.05) is 0 Å². The summed E-state index contributed by atoms with van der Waals surface area (Å²) in [7, 11) is 0. The van der Waals surface area contributed by atoms with E-state index < -0.39 is 6.04 Å². The van der Waals surface area contributed by atoms with Gasteiger partial charge in [0.15, 0.2) is 0 Å². The predicted octanol–water partition coefficient (Wildman–Crippen LogP) is -0.341. The van der Waals surface area contributed by atoms with Crippen molar-refractivity contribution in [1.29, 1.82) is 0 Å². The molecule has 0 aromatic carbocycles. The lowest BCUT2D eigenvalue weighted by atomic mass is 10.1. The number of hydrogen-bond acceptors (Lipinski definition) is 5. The highest BCUT2D eigenvalue weighted by molar-refractivity contribution is 7.80. The second-order valence-corrected chi connectivity index (χ2v) is 6.13. The SMILES string of the molecule is NCCCCC(NC(=O)CCS)C(=O)NCC(=O)N1CCCC1. The Labute approximate surface area is 143 Å². The summed E-state index contributed by atoms with van der Waals surface area (Å²) in [5, 5.41) is 5.34. The Balaban J connectivity index is 2.44. The molecule has 1 saturated heterocycles. The van der Waals surface area contributed by atoms with Crippen LogP contribution in [0.3, 0.4) is 0 Å². The van der Waals surface area contributed by atoms with E-state index in [0.717, 1.165) is 38.8 Å². The summed E-state index contributed by atoms with van der Waals surface area (Å²) < 4.78 is 0. The van der Waals surface area contributed by atoms with Crippen LogP contribution in [0.2, 0.25) is 0 Å². The average Bonchev–Trinajstić information content (AvgIpc) is 3.06. The van der Waals surface area contributed by atoms with Crippen LogP contribution in [0.1, 0.15) is 38.5 Å². The lowest BCUT2D eigenvalue weighted by Gasteiger charge is -2.20. The molecule has 132 valence electrons. The van der Waals surface area contributed by atoms with Crippen molar-refractivity contribution in [3.05, 3.63) is 0 Å². The van der Waals surface area contributed by atoms with Crippen LogP contribution in [-0.4, -0.2) is 60.6 Å². The monoisotopic (exact) mass is 344 g/mol. The first-order valence-electron chi connectivity index (χ1n) is 8.24. The van der Waals surface area contributed by atoms with Crippen LogP contribution in [-0.2, 0) is 14.4 Å². The quantitative estimate of drug-likeness (QED) is 0.321. The van der Waals surface area contributed by atoms with Gasteiger partial charge in [0.25, 0.3) is 0 Å². The summed E-state index contributed by atoms with van der Waals surface area (Å²) in [5.41, 5.74) is 5.46. The molecule has 0 saturated carbocycles. The maximum Gasteiger partial charge on any atom is 0.243 e. The van der Waals surface area contributed by atoms with Gasteiger partial charge in [-0.25, -0.2) is 0 Å². The Hall–Kier alpha value is -1.28. The maximum absolute atomic E-state index is 12.2. The molecule has 0 radical (unpaired) electrons. The number of nitrogens with one attached hydrogen (secondary N) is 2. The average molecular weight is 344 g/mol. The zero-order chi connectivity index (χ0) is 17.1. The molecule has 1 heterocycles. The van der Waals surface area contributed by atoms with Crippen LogP contribution >= 0.6 is 12.6 Å². The van der Waals surface area contributed by atoms with Crippen molar-refractivity contribution >= 4 is 30.4 Å². The van der Waals surface area contributed by atoms with Gasteiger partial charge in [0.05, 0.1) is 6.54 Å². The highest BCUT2D eigenvalue weighted by Crippen LogP contribution is 2.07. The van der Waals surface area contributed by atoms with Gasteiger partial charge >= 0.3 is 0 Å². The fourth-order valence-electron chi connectivity index (χ4n) is 2.49. The van der Waals surface area contributed by atoms with Crippen LogP contribution in [0.4, 0.5) is 0 Å². The number of nitrogens with two attached hydrogens (primary N) is 1. The second kappa shape index (κ2) is 11.3. The third kappa shape index (κ3) is 7.69. The zero-order valence-corrected chi connectivity index (χ0v) is 14.4.